The molecule has 2 aromatic carbocycles. The van der Waals surface area contributed by atoms with Crippen LogP contribution in [0.4, 0.5) is 0 Å². The molecular weight excluding hydrogens is 280 g/mol. The summed E-state index contributed by atoms with van der Waals surface area (Å²) in [6, 6.07) is 14.3. The van der Waals surface area contributed by atoms with Crippen LogP contribution in [-0.2, 0) is 4.79 Å². The minimum absolute atomic E-state index is 0.0345. The van der Waals surface area contributed by atoms with E-state index in [0.29, 0.717) is 5.56 Å². The summed E-state index contributed by atoms with van der Waals surface area (Å²) in [5.41, 5.74) is 4.28. The van der Waals surface area contributed by atoms with Gasteiger partial charge in [0.2, 0.25) is 5.91 Å². The molecule has 2 atom stereocenters. The molecule has 0 aliphatic heterocycles. The van der Waals surface area contributed by atoms with Gasteiger partial charge in [-0.1, -0.05) is 30.3 Å². The maximum absolute atomic E-state index is 12.0. The highest BCUT2D eigenvalue weighted by atomic mass is 16.3. The zero-order valence-corrected chi connectivity index (χ0v) is 11.8. The molecule has 112 valence electrons. The molecule has 0 bridgehead atoms. The number of benzene rings is 2. The first-order valence-electron chi connectivity index (χ1n) is 7.05. The Labute approximate surface area is 127 Å². The number of carbonyl (C=O) groups is 1. The maximum Gasteiger partial charge on any atom is 0.243 e. The maximum atomic E-state index is 12.0. The van der Waals surface area contributed by atoms with E-state index in [1.54, 1.807) is 6.07 Å². The van der Waals surface area contributed by atoms with Gasteiger partial charge in [0.05, 0.1) is 6.21 Å². The molecule has 0 spiro atoms. The Bertz CT molecular complexity index is 713. The molecule has 1 aliphatic rings. The summed E-state index contributed by atoms with van der Waals surface area (Å²) in [6.07, 6.45) is 2.27. The van der Waals surface area contributed by atoms with Crippen molar-refractivity contribution in [2.24, 2.45) is 11.0 Å². The normalized spacial score (nSPS) is 20.0. The van der Waals surface area contributed by atoms with Crippen molar-refractivity contribution in [3.8, 4) is 11.5 Å². The first kappa shape index (κ1) is 14.1. The van der Waals surface area contributed by atoms with Crippen molar-refractivity contribution in [1.29, 1.82) is 0 Å². The van der Waals surface area contributed by atoms with E-state index in [4.69, 9.17) is 0 Å². The van der Waals surface area contributed by atoms with Crippen LogP contribution < -0.4 is 5.43 Å². The van der Waals surface area contributed by atoms with Gasteiger partial charge in [0, 0.05) is 5.92 Å². The number of hydrogen-bond acceptors (Lipinski definition) is 4. The molecule has 3 rings (SSSR count). The minimum atomic E-state index is -0.221. The summed E-state index contributed by atoms with van der Waals surface area (Å²) >= 11 is 0. The summed E-state index contributed by atoms with van der Waals surface area (Å²) in [6.45, 7) is 0. The summed E-state index contributed by atoms with van der Waals surface area (Å²) in [4.78, 5) is 12.0. The number of nitrogens with one attached hydrogen (secondary N) is 1. The van der Waals surface area contributed by atoms with Gasteiger partial charge in [-0.25, -0.2) is 5.43 Å². The number of hydrazone groups is 1. The predicted octanol–water partition coefficient (Wildman–Crippen LogP) is 2.35. The van der Waals surface area contributed by atoms with Crippen LogP contribution in [0.1, 0.15) is 23.5 Å². The van der Waals surface area contributed by atoms with Crippen molar-refractivity contribution in [2.45, 2.75) is 12.3 Å². The van der Waals surface area contributed by atoms with Crippen LogP contribution in [-0.4, -0.2) is 22.3 Å². The molecule has 3 N–H and O–H groups in total. The lowest BCUT2D eigenvalue weighted by molar-refractivity contribution is -0.122. The summed E-state index contributed by atoms with van der Waals surface area (Å²) in [5.74, 6) is -0.276. The van der Waals surface area contributed by atoms with Gasteiger partial charge in [0.15, 0.2) is 11.5 Å². The van der Waals surface area contributed by atoms with Crippen LogP contribution in [0.5, 0.6) is 11.5 Å². The monoisotopic (exact) mass is 296 g/mol. The fraction of sp³-hybridized carbons (Fsp3) is 0.176. The Balaban J connectivity index is 1.55. The van der Waals surface area contributed by atoms with Crippen molar-refractivity contribution in [3.05, 3.63) is 59.7 Å². The minimum Gasteiger partial charge on any atom is -0.504 e. The Hall–Kier alpha value is -2.82. The van der Waals surface area contributed by atoms with Gasteiger partial charge >= 0.3 is 0 Å². The van der Waals surface area contributed by atoms with Crippen LogP contribution in [0.25, 0.3) is 0 Å². The highest BCUT2D eigenvalue weighted by Crippen LogP contribution is 2.47. The van der Waals surface area contributed by atoms with E-state index in [2.05, 4.69) is 10.5 Å². The van der Waals surface area contributed by atoms with Crippen molar-refractivity contribution < 1.29 is 15.0 Å². The second-order valence-corrected chi connectivity index (χ2v) is 5.34. The Morgan fingerprint density at radius 1 is 1.14 bits per heavy atom. The molecule has 2 unspecified atom stereocenters. The molecule has 0 radical (unpaired) electrons. The average molecular weight is 296 g/mol. The smallest absolute Gasteiger partial charge is 0.243 e. The third kappa shape index (κ3) is 3.09. The van der Waals surface area contributed by atoms with E-state index >= 15 is 0 Å². The lowest BCUT2D eigenvalue weighted by Crippen LogP contribution is -2.20. The first-order chi connectivity index (χ1) is 10.6. The lowest BCUT2D eigenvalue weighted by atomic mass is 10.1. The van der Waals surface area contributed by atoms with Gasteiger partial charge in [-0.2, -0.15) is 5.10 Å². The number of phenols is 2. The molecular formula is C17H16N2O3. The molecule has 1 aliphatic carbocycles. The standard InChI is InChI=1S/C17H16N2O3/c20-15-7-6-11(8-16(15)21)10-18-19-17(22)14-9-13(14)12-4-2-1-3-5-12/h1-8,10,13-14,20-21H,9H2,(H,19,22). The molecule has 0 heterocycles. The quantitative estimate of drug-likeness (QED) is 0.460. The predicted molar refractivity (Wildman–Crippen MR) is 82.8 cm³/mol. The molecule has 2 aromatic rings. The number of aromatic hydroxyl groups is 2. The third-order valence-corrected chi connectivity index (χ3v) is 3.74. The third-order valence-electron chi connectivity index (χ3n) is 3.74. The highest BCUT2D eigenvalue weighted by Gasteiger charge is 2.43. The van der Waals surface area contributed by atoms with Gasteiger partial charge in [-0.05, 0) is 41.7 Å². The van der Waals surface area contributed by atoms with Gasteiger partial charge in [0.1, 0.15) is 0 Å². The van der Waals surface area contributed by atoms with Crippen LogP contribution in [0.15, 0.2) is 53.6 Å². The van der Waals surface area contributed by atoms with Crippen molar-refractivity contribution in [2.75, 3.05) is 0 Å². The summed E-state index contributed by atoms with van der Waals surface area (Å²) in [5, 5.41) is 22.5. The largest absolute Gasteiger partial charge is 0.504 e. The second kappa shape index (κ2) is 5.89. The summed E-state index contributed by atoms with van der Waals surface area (Å²) < 4.78 is 0. The van der Waals surface area contributed by atoms with Gasteiger partial charge < -0.3 is 10.2 Å². The molecule has 22 heavy (non-hydrogen) atoms. The van der Waals surface area contributed by atoms with Crippen LogP contribution in [0.2, 0.25) is 0 Å². The number of phenolic OH excluding ortho intramolecular Hbond substituents is 2. The van der Waals surface area contributed by atoms with E-state index in [-0.39, 0.29) is 29.2 Å². The van der Waals surface area contributed by atoms with Gasteiger partial charge in [0.25, 0.3) is 0 Å². The topological polar surface area (TPSA) is 81.9 Å². The van der Waals surface area contributed by atoms with Gasteiger partial charge in [-0.15, -0.1) is 0 Å². The van der Waals surface area contributed by atoms with E-state index in [0.717, 1.165) is 6.42 Å². The van der Waals surface area contributed by atoms with E-state index < -0.39 is 0 Å². The van der Waals surface area contributed by atoms with Crippen LogP contribution in [0, 0.1) is 5.92 Å². The SMILES string of the molecule is O=C(NN=Cc1ccc(O)c(O)c1)C1CC1c1ccccc1. The fourth-order valence-corrected chi connectivity index (χ4v) is 2.43. The van der Waals surface area contributed by atoms with Crippen molar-refractivity contribution >= 4 is 12.1 Å². The van der Waals surface area contributed by atoms with Crippen molar-refractivity contribution in [3.63, 3.8) is 0 Å². The van der Waals surface area contributed by atoms with E-state index in [1.165, 1.54) is 23.9 Å². The number of rotatable bonds is 4. The number of nitrogens with zero attached hydrogens (tertiary/aromatic N) is 1. The zero-order valence-electron chi connectivity index (χ0n) is 11.8. The molecule has 1 fully saturated rings. The molecule has 0 aromatic heterocycles. The molecule has 1 saturated carbocycles. The highest BCUT2D eigenvalue weighted by molar-refractivity contribution is 5.85. The summed E-state index contributed by atoms with van der Waals surface area (Å²) in [7, 11) is 0. The Kier molecular flexibility index (Phi) is 3.78. The Morgan fingerprint density at radius 2 is 1.91 bits per heavy atom. The molecule has 5 heteroatoms. The fourth-order valence-electron chi connectivity index (χ4n) is 2.43. The van der Waals surface area contributed by atoms with Crippen LogP contribution >= 0.6 is 0 Å². The molecule has 1 amide bonds. The number of amides is 1. The number of hydrogen-bond donors (Lipinski definition) is 3. The van der Waals surface area contributed by atoms with Crippen LogP contribution in [0.3, 0.4) is 0 Å². The average Bonchev–Trinajstić information content (AvgIpc) is 3.32. The zero-order chi connectivity index (χ0) is 15.5. The molecule has 0 saturated heterocycles. The number of carbonyl (C=O) groups excluding carboxylic acids is 1. The second-order valence-electron chi connectivity index (χ2n) is 5.34. The first-order valence-corrected chi connectivity index (χ1v) is 7.05. The van der Waals surface area contributed by atoms with E-state index in [1.807, 2.05) is 30.3 Å². The van der Waals surface area contributed by atoms with E-state index in [9.17, 15) is 15.0 Å². The van der Waals surface area contributed by atoms with Gasteiger partial charge in [-0.3, -0.25) is 4.79 Å². The van der Waals surface area contributed by atoms with Crippen molar-refractivity contribution in [1.82, 2.24) is 5.43 Å². The molecule has 5 nitrogen and oxygen atoms in total. The Morgan fingerprint density at radius 3 is 2.64 bits per heavy atom. The lowest BCUT2D eigenvalue weighted by Gasteiger charge is -2.01.